The van der Waals surface area contributed by atoms with E-state index in [9.17, 15) is 4.79 Å². The molecule has 1 unspecified atom stereocenters. The van der Waals surface area contributed by atoms with E-state index in [0.29, 0.717) is 29.2 Å². The van der Waals surface area contributed by atoms with Gasteiger partial charge in [0, 0.05) is 25.9 Å². The van der Waals surface area contributed by atoms with Gasteiger partial charge in [-0.15, -0.1) is 10.2 Å². The van der Waals surface area contributed by atoms with Gasteiger partial charge < -0.3 is 13.7 Å². The van der Waals surface area contributed by atoms with E-state index in [1.807, 2.05) is 4.90 Å². The maximum atomic E-state index is 12.2. The molecule has 1 fully saturated rings. The van der Waals surface area contributed by atoms with Crippen LogP contribution in [0.1, 0.15) is 42.4 Å². The van der Waals surface area contributed by atoms with E-state index in [2.05, 4.69) is 24.0 Å². The van der Waals surface area contributed by atoms with E-state index in [4.69, 9.17) is 8.83 Å². The Hall–Kier alpha value is -2.11. The Morgan fingerprint density at radius 1 is 1.41 bits per heavy atom. The van der Waals surface area contributed by atoms with Crippen molar-refractivity contribution in [2.24, 2.45) is 11.8 Å². The molecular weight excluding hydrogens is 282 g/mol. The zero-order valence-electron chi connectivity index (χ0n) is 13.0. The highest BCUT2D eigenvalue weighted by molar-refractivity contribution is 5.93. The van der Waals surface area contributed by atoms with Crippen molar-refractivity contribution in [3.05, 3.63) is 35.9 Å². The number of carbonyl (C=O) groups excluding carboxylic acids is 1. The fourth-order valence-corrected chi connectivity index (χ4v) is 2.80. The van der Waals surface area contributed by atoms with E-state index in [-0.39, 0.29) is 5.91 Å². The smallest absolute Gasteiger partial charge is 0.257 e. The number of hydrogen-bond donors (Lipinski definition) is 0. The summed E-state index contributed by atoms with van der Waals surface area (Å²) >= 11 is 0. The van der Waals surface area contributed by atoms with Gasteiger partial charge in [-0.05, 0) is 24.3 Å². The van der Waals surface area contributed by atoms with Gasteiger partial charge in [0.2, 0.25) is 11.8 Å². The fourth-order valence-electron chi connectivity index (χ4n) is 2.80. The minimum atomic E-state index is 0.0299. The van der Waals surface area contributed by atoms with Crippen LogP contribution in [-0.4, -0.2) is 34.1 Å². The van der Waals surface area contributed by atoms with Crippen molar-refractivity contribution in [2.75, 3.05) is 13.1 Å². The molecule has 1 aliphatic rings. The third-order valence-electron chi connectivity index (χ3n) is 3.90. The van der Waals surface area contributed by atoms with Gasteiger partial charge in [-0.25, -0.2) is 0 Å². The third-order valence-corrected chi connectivity index (χ3v) is 3.90. The molecule has 3 heterocycles. The van der Waals surface area contributed by atoms with E-state index in [1.54, 1.807) is 6.07 Å². The molecule has 2 aromatic rings. The van der Waals surface area contributed by atoms with Crippen LogP contribution in [0.15, 0.2) is 27.4 Å². The lowest BCUT2D eigenvalue weighted by atomic mass is 10.1. The minimum Gasteiger partial charge on any atom is -0.472 e. The molecule has 1 atom stereocenters. The monoisotopic (exact) mass is 303 g/mol. The molecule has 0 aliphatic carbocycles. The van der Waals surface area contributed by atoms with Crippen LogP contribution >= 0.6 is 0 Å². The summed E-state index contributed by atoms with van der Waals surface area (Å²) in [5, 5.41) is 8.20. The summed E-state index contributed by atoms with van der Waals surface area (Å²) in [7, 11) is 0. The van der Waals surface area contributed by atoms with Crippen LogP contribution in [0.4, 0.5) is 0 Å². The van der Waals surface area contributed by atoms with Crippen molar-refractivity contribution in [2.45, 2.75) is 33.1 Å². The van der Waals surface area contributed by atoms with E-state index in [1.165, 1.54) is 12.5 Å². The molecule has 0 spiro atoms. The second-order valence-corrected chi connectivity index (χ2v) is 6.31. The highest BCUT2D eigenvalue weighted by atomic mass is 16.4. The molecular formula is C16H21N3O3. The normalized spacial score (nSPS) is 18.3. The predicted octanol–water partition coefficient (Wildman–Crippen LogP) is 2.57. The van der Waals surface area contributed by atoms with Crippen LogP contribution in [0.5, 0.6) is 0 Å². The highest BCUT2D eigenvalue weighted by Gasteiger charge is 2.28. The average molecular weight is 303 g/mol. The Bertz CT molecular complexity index is 618. The highest BCUT2D eigenvalue weighted by Crippen LogP contribution is 2.22. The molecule has 2 aromatic heterocycles. The van der Waals surface area contributed by atoms with Crippen molar-refractivity contribution in [1.29, 1.82) is 0 Å². The molecule has 6 nitrogen and oxygen atoms in total. The largest absolute Gasteiger partial charge is 0.472 e. The summed E-state index contributed by atoms with van der Waals surface area (Å²) in [6.07, 6.45) is 5.52. The van der Waals surface area contributed by atoms with E-state index < -0.39 is 0 Å². The standard InChI is InChI=1S/C16H21N3O3/c1-11(2)7-14-17-18-15(22-14)8-12-3-5-19(9-12)16(20)13-4-6-21-10-13/h4,6,10-12H,3,5,7-9H2,1-2H3. The Kier molecular flexibility index (Phi) is 4.27. The summed E-state index contributed by atoms with van der Waals surface area (Å²) in [5.41, 5.74) is 0.609. The molecule has 0 N–H and O–H groups in total. The van der Waals surface area contributed by atoms with Crippen molar-refractivity contribution in [3.8, 4) is 0 Å². The van der Waals surface area contributed by atoms with E-state index >= 15 is 0 Å². The Morgan fingerprint density at radius 3 is 2.95 bits per heavy atom. The lowest BCUT2D eigenvalue weighted by Gasteiger charge is -2.14. The minimum absolute atomic E-state index is 0.0299. The van der Waals surface area contributed by atoms with Gasteiger partial charge in [0.25, 0.3) is 5.91 Å². The summed E-state index contributed by atoms with van der Waals surface area (Å²) in [5.74, 6) is 2.29. The zero-order chi connectivity index (χ0) is 15.5. The molecule has 0 saturated carbocycles. The van der Waals surface area contributed by atoms with Crippen molar-refractivity contribution >= 4 is 5.91 Å². The van der Waals surface area contributed by atoms with Crippen LogP contribution in [0.3, 0.4) is 0 Å². The topological polar surface area (TPSA) is 72.4 Å². The van der Waals surface area contributed by atoms with Crippen LogP contribution in [-0.2, 0) is 12.8 Å². The number of carbonyl (C=O) groups is 1. The van der Waals surface area contributed by atoms with Crippen LogP contribution in [0.2, 0.25) is 0 Å². The maximum absolute atomic E-state index is 12.2. The quantitative estimate of drug-likeness (QED) is 0.849. The predicted molar refractivity (Wildman–Crippen MR) is 79.3 cm³/mol. The molecule has 1 amide bonds. The van der Waals surface area contributed by atoms with Crippen LogP contribution < -0.4 is 0 Å². The summed E-state index contributed by atoms with van der Waals surface area (Å²) in [4.78, 5) is 14.1. The lowest BCUT2D eigenvalue weighted by molar-refractivity contribution is 0.0786. The first-order valence-electron chi connectivity index (χ1n) is 7.74. The van der Waals surface area contributed by atoms with Gasteiger partial charge in [-0.1, -0.05) is 13.8 Å². The third kappa shape index (κ3) is 3.37. The van der Waals surface area contributed by atoms with Crippen LogP contribution in [0, 0.1) is 11.8 Å². The molecule has 3 rings (SSSR count). The second kappa shape index (κ2) is 6.34. The molecule has 1 aliphatic heterocycles. The fraction of sp³-hybridized carbons (Fsp3) is 0.562. The Labute approximate surface area is 129 Å². The SMILES string of the molecule is CC(C)Cc1nnc(CC2CCN(C(=O)c3ccoc3)C2)o1. The number of furan rings is 1. The van der Waals surface area contributed by atoms with Gasteiger partial charge in [0.05, 0.1) is 11.8 Å². The summed E-state index contributed by atoms with van der Waals surface area (Å²) in [6, 6.07) is 1.70. The number of likely N-dealkylation sites (tertiary alicyclic amines) is 1. The van der Waals surface area contributed by atoms with E-state index in [0.717, 1.165) is 32.4 Å². The van der Waals surface area contributed by atoms with Crippen molar-refractivity contribution in [3.63, 3.8) is 0 Å². The molecule has 0 aromatic carbocycles. The molecule has 118 valence electrons. The Morgan fingerprint density at radius 2 is 2.23 bits per heavy atom. The summed E-state index contributed by atoms with van der Waals surface area (Å²) in [6.45, 7) is 5.74. The number of hydrogen-bond acceptors (Lipinski definition) is 5. The number of rotatable bonds is 5. The molecule has 22 heavy (non-hydrogen) atoms. The van der Waals surface area contributed by atoms with Gasteiger partial charge in [0.15, 0.2) is 0 Å². The van der Waals surface area contributed by atoms with Crippen molar-refractivity contribution in [1.82, 2.24) is 15.1 Å². The lowest BCUT2D eigenvalue weighted by Crippen LogP contribution is -2.28. The van der Waals surface area contributed by atoms with Crippen LogP contribution in [0.25, 0.3) is 0 Å². The van der Waals surface area contributed by atoms with Gasteiger partial charge >= 0.3 is 0 Å². The van der Waals surface area contributed by atoms with Crippen molar-refractivity contribution < 1.29 is 13.6 Å². The first kappa shape index (κ1) is 14.8. The maximum Gasteiger partial charge on any atom is 0.257 e. The number of nitrogens with zero attached hydrogens (tertiary/aromatic N) is 3. The number of aromatic nitrogens is 2. The molecule has 0 bridgehead atoms. The molecule has 6 heteroatoms. The van der Waals surface area contributed by atoms with Gasteiger partial charge in [-0.2, -0.15) is 0 Å². The average Bonchev–Trinajstić information content (AvgIpc) is 3.19. The van der Waals surface area contributed by atoms with Gasteiger partial charge in [-0.3, -0.25) is 4.79 Å². The second-order valence-electron chi connectivity index (χ2n) is 6.31. The Balaban J connectivity index is 1.54. The first-order chi connectivity index (χ1) is 10.6. The van der Waals surface area contributed by atoms with Gasteiger partial charge in [0.1, 0.15) is 6.26 Å². The summed E-state index contributed by atoms with van der Waals surface area (Å²) < 4.78 is 10.7. The molecule has 0 radical (unpaired) electrons. The first-order valence-corrected chi connectivity index (χ1v) is 7.74. The number of amides is 1. The molecule has 1 saturated heterocycles. The zero-order valence-corrected chi connectivity index (χ0v) is 13.0.